The van der Waals surface area contributed by atoms with Gasteiger partial charge in [0.15, 0.2) is 0 Å². The SMILES string of the molecule is CCC(C)(CC(C)c1ccccc1)C(=O)OC1(CC)C2CC3CC(C2)CC1C3. The van der Waals surface area contributed by atoms with Crippen molar-refractivity contribution >= 4 is 5.97 Å². The smallest absolute Gasteiger partial charge is 0.312 e. The van der Waals surface area contributed by atoms with Crippen molar-refractivity contribution < 1.29 is 9.53 Å². The highest BCUT2D eigenvalue weighted by molar-refractivity contribution is 5.77. The molecule has 0 aromatic heterocycles. The Morgan fingerprint density at radius 2 is 1.64 bits per heavy atom. The highest BCUT2D eigenvalue weighted by Gasteiger charge is 2.59. The molecule has 2 unspecified atom stereocenters. The maximum atomic E-state index is 13.6. The standard InChI is InChI=1S/C26H38O2/c1-5-25(4,17-18(3)21-10-8-7-9-11-21)24(27)28-26(6-2)22-13-19-12-20(15-22)16-23(26)14-19/h7-11,18-20,22-23H,5-6,12-17H2,1-4H3. The maximum absolute atomic E-state index is 13.6. The van der Waals surface area contributed by atoms with E-state index >= 15 is 0 Å². The van der Waals surface area contributed by atoms with E-state index in [0.717, 1.165) is 31.1 Å². The first-order valence-corrected chi connectivity index (χ1v) is 11.7. The van der Waals surface area contributed by atoms with Gasteiger partial charge < -0.3 is 4.74 Å². The zero-order valence-electron chi connectivity index (χ0n) is 18.2. The maximum Gasteiger partial charge on any atom is 0.312 e. The minimum absolute atomic E-state index is 0.0621. The molecule has 154 valence electrons. The predicted octanol–water partition coefficient (Wildman–Crippen LogP) is 6.74. The minimum atomic E-state index is -0.411. The Hall–Kier alpha value is -1.31. The van der Waals surface area contributed by atoms with E-state index in [2.05, 4.69) is 58.0 Å². The molecule has 2 heteroatoms. The normalized spacial score (nSPS) is 36.7. The second kappa shape index (κ2) is 7.50. The zero-order chi connectivity index (χ0) is 19.9. The molecule has 4 fully saturated rings. The van der Waals surface area contributed by atoms with Crippen LogP contribution >= 0.6 is 0 Å². The van der Waals surface area contributed by atoms with Crippen LogP contribution in [-0.4, -0.2) is 11.6 Å². The molecule has 28 heavy (non-hydrogen) atoms. The summed E-state index contributed by atoms with van der Waals surface area (Å²) < 4.78 is 6.62. The first-order chi connectivity index (χ1) is 13.4. The average Bonchev–Trinajstić information content (AvgIpc) is 2.70. The van der Waals surface area contributed by atoms with Gasteiger partial charge in [0.1, 0.15) is 5.60 Å². The van der Waals surface area contributed by atoms with E-state index in [9.17, 15) is 4.79 Å². The number of carbonyl (C=O) groups is 1. The quantitative estimate of drug-likeness (QED) is 0.488. The van der Waals surface area contributed by atoms with Crippen LogP contribution in [-0.2, 0) is 9.53 Å². The van der Waals surface area contributed by atoms with Gasteiger partial charge in [-0.15, -0.1) is 0 Å². The Kier molecular flexibility index (Phi) is 5.35. The van der Waals surface area contributed by atoms with E-state index in [-0.39, 0.29) is 11.6 Å². The number of hydrogen-bond donors (Lipinski definition) is 0. The number of benzene rings is 1. The van der Waals surface area contributed by atoms with Crippen molar-refractivity contribution in [1.82, 2.24) is 0 Å². The fourth-order valence-electron chi connectivity index (χ4n) is 7.04. The zero-order valence-corrected chi connectivity index (χ0v) is 18.2. The third-order valence-corrected chi connectivity index (χ3v) is 8.75. The van der Waals surface area contributed by atoms with Gasteiger partial charge in [0.25, 0.3) is 0 Å². The van der Waals surface area contributed by atoms with Crippen LogP contribution in [0.15, 0.2) is 30.3 Å². The first kappa shape index (κ1) is 20.0. The van der Waals surface area contributed by atoms with Gasteiger partial charge in [0.2, 0.25) is 0 Å². The van der Waals surface area contributed by atoms with Gasteiger partial charge in [-0.2, -0.15) is 0 Å². The summed E-state index contributed by atoms with van der Waals surface area (Å²) in [6.45, 7) is 8.78. The highest BCUT2D eigenvalue weighted by Crippen LogP contribution is 2.61. The van der Waals surface area contributed by atoms with Crippen LogP contribution < -0.4 is 0 Å². The Balaban J connectivity index is 1.52. The average molecular weight is 383 g/mol. The van der Waals surface area contributed by atoms with Crippen LogP contribution in [0, 0.1) is 29.1 Å². The Morgan fingerprint density at radius 3 is 2.14 bits per heavy atom. The van der Waals surface area contributed by atoms with Gasteiger partial charge in [-0.05, 0) is 93.4 Å². The van der Waals surface area contributed by atoms with E-state index in [1.807, 2.05) is 0 Å². The molecule has 0 spiro atoms. The molecule has 1 aromatic rings. The molecule has 0 amide bonds. The fraction of sp³-hybridized carbons (Fsp3) is 0.731. The Bertz CT molecular complexity index is 666. The van der Waals surface area contributed by atoms with Crippen molar-refractivity contribution in [2.75, 3.05) is 0 Å². The van der Waals surface area contributed by atoms with Crippen molar-refractivity contribution in [1.29, 1.82) is 0 Å². The molecule has 4 bridgehead atoms. The predicted molar refractivity (Wildman–Crippen MR) is 114 cm³/mol. The first-order valence-electron chi connectivity index (χ1n) is 11.7. The molecule has 5 rings (SSSR count). The van der Waals surface area contributed by atoms with E-state index < -0.39 is 5.41 Å². The molecule has 2 nitrogen and oxygen atoms in total. The van der Waals surface area contributed by atoms with Crippen LogP contribution in [0.3, 0.4) is 0 Å². The van der Waals surface area contributed by atoms with Gasteiger partial charge in [0, 0.05) is 0 Å². The molecule has 0 aliphatic heterocycles. The molecule has 0 radical (unpaired) electrons. The monoisotopic (exact) mass is 382 g/mol. The summed E-state index contributed by atoms with van der Waals surface area (Å²) >= 11 is 0. The summed E-state index contributed by atoms with van der Waals surface area (Å²) in [7, 11) is 0. The van der Waals surface area contributed by atoms with Crippen molar-refractivity contribution in [3.05, 3.63) is 35.9 Å². The van der Waals surface area contributed by atoms with Gasteiger partial charge in [-0.3, -0.25) is 4.79 Å². The second-order valence-corrected chi connectivity index (χ2v) is 10.4. The molecule has 4 saturated carbocycles. The summed E-state index contributed by atoms with van der Waals surface area (Å²) in [5, 5.41) is 0. The van der Waals surface area contributed by atoms with E-state index in [1.165, 1.54) is 37.7 Å². The lowest BCUT2D eigenvalue weighted by molar-refractivity contribution is -0.219. The molecule has 1 aromatic carbocycles. The highest BCUT2D eigenvalue weighted by atomic mass is 16.6. The Labute approximate surface area is 171 Å². The van der Waals surface area contributed by atoms with E-state index in [0.29, 0.717) is 17.8 Å². The van der Waals surface area contributed by atoms with Gasteiger partial charge >= 0.3 is 5.97 Å². The molecule has 4 aliphatic carbocycles. The van der Waals surface area contributed by atoms with Crippen molar-refractivity contribution in [3.63, 3.8) is 0 Å². The lowest BCUT2D eigenvalue weighted by atomic mass is 9.49. The Morgan fingerprint density at radius 1 is 1.07 bits per heavy atom. The largest absolute Gasteiger partial charge is 0.458 e. The molecule has 4 aliphatic rings. The third kappa shape index (κ3) is 3.31. The van der Waals surface area contributed by atoms with Crippen LogP contribution in [0.1, 0.15) is 90.5 Å². The van der Waals surface area contributed by atoms with Gasteiger partial charge in [0.05, 0.1) is 5.41 Å². The van der Waals surface area contributed by atoms with E-state index in [4.69, 9.17) is 4.74 Å². The van der Waals surface area contributed by atoms with Crippen LogP contribution in [0.25, 0.3) is 0 Å². The van der Waals surface area contributed by atoms with Crippen LogP contribution in [0.4, 0.5) is 0 Å². The van der Waals surface area contributed by atoms with Crippen molar-refractivity contribution in [3.8, 4) is 0 Å². The molecule has 0 N–H and O–H groups in total. The summed E-state index contributed by atoms with van der Waals surface area (Å²) in [5.41, 5.74) is 0.720. The number of esters is 1. The lowest BCUT2D eigenvalue weighted by Crippen LogP contribution is -2.60. The van der Waals surface area contributed by atoms with Crippen molar-refractivity contribution in [2.45, 2.75) is 90.6 Å². The number of ether oxygens (including phenoxy) is 1. The molecular formula is C26H38O2. The van der Waals surface area contributed by atoms with Crippen LogP contribution in [0.2, 0.25) is 0 Å². The van der Waals surface area contributed by atoms with Gasteiger partial charge in [-0.1, -0.05) is 51.1 Å². The second-order valence-electron chi connectivity index (χ2n) is 10.4. The van der Waals surface area contributed by atoms with Gasteiger partial charge in [-0.25, -0.2) is 0 Å². The number of carbonyl (C=O) groups excluding carboxylic acids is 1. The third-order valence-electron chi connectivity index (χ3n) is 8.75. The number of rotatable bonds is 7. The molecule has 0 saturated heterocycles. The topological polar surface area (TPSA) is 26.3 Å². The molecular weight excluding hydrogens is 344 g/mol. The van der Waals surface area contributed by atoms with Crippen LogP contribution in [0.5, 0.6) is 0 Å². The molecule has 0 heterocycles. The number of hydrogen-bond acceptors (Lipinski definition) is 2. The summed E-state index contributed by atoms with van der Waals surface area (Å²) in [5.74, 6) is 3.42. The lowest BCUT2D eigenvalue weighted by Gasteiger charge is -2.60. The fourth-order valence-corrected chi connectivity index (χ4v) is 7.04. The summed E-state index contributed by atoms with van der Waals surface area (Å²) in [6.07, 6.45) is 9.27. The van der Waals surface area contributed by atoms with E-state index in [1.54, 1.807) is 0 Å². The summed E-state index contributed by atoms with van der Waals surface area (Å²) in [4.78, 5) is 13.6. The van der Waals surface area contributed by atoms with Crippen molar-refractivity contribution in [2.24, 2.45) is 29.1 Å². The minimum Gasteiger partial charge on any atom is -0.458 e. The molecule has 2 atom stereocenters. The summed E-state index contributed by atoms with van der Waals surface area (Å²) in [6, 6.07) is 10.6.